The van der Waals surface area contributed by atoms with E-state index in [1.165, 1.54) is 15.8 Å². The number of nitrogens with zero attached hydrogens (tertiary/aromatic N) is 3. The SMILES string of the molecule is CN(CCOc1ccc(Cl)cc1)C(=O)Cn1cnc2ccccc2c1=O. The largest absolute Gasteiger partial charge is 0.492 e. The van der Waals surface area contributed by atoms with Crippen LogP contribution >= 0.6 is 11.6 Å². The molecule has 26 heavy (non-hydrogen) atoms. The van der Waals surface area contributed by atoms with Gasteiger partial charge >= 0.3 is 0 Å². The molecule has 134 valence electrons. The number of benzene rings is 2. The molecule has 0 radical (unpaired) electrons. The third kappa shape index (κ3) is 4.21. The van der Waals surface area contributed by atoms with Crippen LogP contribution in [0.2, 0.25) is 5.02 Å². The summed E-state index contributed by atoms with van der Waals surface area (Å²) in [6.07, 6.45) is 1.40. The fourth-order valence-corrected chi connectivity index (χ4v) is 2.57. The molecule has 3 aromatic rings. The predicted octanol–water partition coefficient (Wildman–Crippen LogP) is 2.59. The Balaban J connectivity index is 1.58. The van der Waals surface area contributed by atoms with Crippen molar-refractivity contribution in [3.8, 4) is 5.75 Å². The first-order valence-electron chi connectivity index (χ1n) is 8.11. The molecule has 3 rings (SSSR count). The Hall–Kier alpha value is -2.86. The van der Waals surface area contributed by atoms with Gasteiger partial charge in [0.05, 0.1) is 23.8 Å². The quantitative estimate of drug-likeness (QED) is 0.668. The molecular formula is C19H18ClN3O3. The second-order valence-corrected chi connectivity index (χ2v) is 6.25. The predicted molar refractivity (Wildman–Crippen MR) is 101 cm³/mol. The Kier molecular flexibility index (Phi) is 5.53. The first-order valence-corrected chi connectivity index (χ1v) is 8.49. The maximum Gasteiger partial charge on any atom is 0.261 e. The van der Waals surface area contributed by atoms with Crippen LogP contribution < -0.4 is 10.3 Å². The van der Waals surface area contributed by atoms with Gasteiger partial charge in [-0.25, -0.2) is 4.98 Å². The molecule has 0 unspecified atom stereocenters. The van der Waals surface area contributed by atoms with E-state index >= 15 is 0 Å². The van der Waals surface area contributed by atoms with Gasteiger partial charge in [-0.3, -0.25) is 14.2 Å². The van der Waals surface area contributed by atoms with Crippen molar-refractivity contribution in [1.82, 2.24) is 14.5 Å². The highest BCUT2D eigenvalue weighted by Crippen LogP contribution is 2.15. The molecule has 6 nitrogen and oxygen atoms in total. The molecule has 0 N–H and O–H groups in total. The highest BCUT2D eigenvalue weighted by Gasteiger charge is 2.12. The van der Waals surface area contributed by atoms with Crippen LogP contribution in [0.3, 0.4) is 0 Å². The number of rotatable bonds is 6. The average Bonchev–Trinajstić information content (AvgIpc) is 2.65. The topological polar surface area (TPSA) is 64.4 Å². The van der Waals surface area contributed by atoms with E-state index in [2.05, 4.69) is 4.98 Å². The number of amides is 1. The van der Waals surface area contributed by atoms with E-state index in [1.54, 1.807) is 49.5 Å². The second kappa shape index (κ2) is 8.01. The summed E-state index contributed by atoms with van der Waals surface area (Å²) in [5.74, 6) is 0.495. The maximum absolute atomic E-state index is 12.4. The molecule has 0 aliphatic rings. The first kappa shape index (κ1) is 17.9. The van der Waals surface area contributed by atoms with E-state index in [0.29, 0.717) is 34.8 Å². The summed E-state index contributed by atoms with van der Waals surface area (Å²) in [7, 11) is 1.67. The van der Waals surface area contributed by atoms with Crippen LogP contribution in [0.1, 0.15) is 0 Å². The van der Waals surface area contributed by atoms with Gasteiger partial charge in [-0.2, -0.15) is 0 Å². The van der Waals surface area contributed by atoms with Gasteiger partial charge in [0.2, 0.25) is 5.91 Å². The van der Waals surface area contributed by atoms with E-state index in [1.807, 2.05) is 6.07 Å². The molecule has 2 aromatic carbocycles. The summed E-state index contributed by atoms with van der Waals surface area (Å²) in [5.41, 5.74) is 0.390. The van der Waals surface area contributed by atoms with Crippen molar-refractivity contribution in [3.05, 3.63) is 70.2 Å². The van der Waals surface area contributed by atoms with Crippen molar-refractivity contribution >= 4 is 28.4 Å². The number of carbonyl (C=O) groups is 1. The molecule has 0 fully saturated rings. The minimum absolute atomic E-state index is 0.0614. The van der Waals surface area contributed by atoms with Crippen LogP contribution in [0.25, 0.3) is 10.9 Å². The zero-order valence-corrected chi connectivity index (χ0v) is 15.0. The van der Waals surface area contributed by atoms with Crippen molar-refractivity contribution in [2.75, 3.05) is 20.2 Å². The number of carbonyl (C=O) groups excluding carboxylic acids is 1. The van der Waals surface area contributed by atoms with Crippen LogP contribution in [-0.4, -0.2) is 40.6 Å². The number of ether oxygens (including phenoxy) is 1. The van der Waals surface area contributed by atoms with Gasteiger partial charge < -0.3 is 9.64 Å². The smallest absolute Gasteiger partial charge is 0.261 e. The third-order valence-corrected chi connectivity index (χ3v) is 4.22. The molecule has 1 aromatic heterocycles. The molecule has 0 aliphatic heterocycles. The number of para-hydroxylation sites is 1. The van der Waals surface area contributed by atoms with Crippen LogP contribution in [0.5, 0.6) is 5.75 Å². The minimum atomic E-state index is -0.227. The number of halogens is 1. The number of hydrogen-bond donors (Lipinski definition) is 0. The first-order chi connectivity index (χ1) is 12.5. The number of hydrogen-bond acceptors (Lipinski definition) is 4. The Morgan fingerprint density at radius 3 is 2.69 bits per heavy atom. The molecule has 1 amide bonds. The summed E-state index contributed by atoms with van der Waals surface area (Å²) in [6, 6.07) is 14.1. The van der Waals surface area contributed by atoms with Gasteiger partial charge in [0, 0.05) is 12.1 Å². The summed E-state index contributed by atoms with van der Waals surface area (Å²) in [4.78, 5) is 30.5. The monoisotopic (exact) mass is 371 g/mol. The lowest BCUT2D eigenvalue weighted by Gasteiger charge is -2.18. The fourth-order valence-electron chi connectivity index (χ4n) is 2.44. The van der Waals surface area contributed by atoms with Gasteiger partial charge in [-0.1, -0.05) is 23.7 Å². The number of likely N-dealkylation sites (N-methyl/N-ethyl adjacent to an activating group) is 1. The number of fused-ring (bicyclic) bond motifs is 1. The lowest BCUT2D eigenvalue weighted by molar-refractivity contribution is -0.130. The van der Waals surface area contributed by atoms with Crippen LogP contribution in [0.15, 0.2) is 59.7 Å². The molecule has 0 spiro atoms. The fraction of sp³-hybridized carbons (Fsp3) is 0.211. The summed E-state index contributed by atoms with van der Waals surface area (Å²) in [5, 5.41) is 1.13. The normalized spacial score (nSPS) is 10.7. The van der Waals surface area contributed by atoms with Crippen LogP contribution in [0, 0.1) is 0 Å². The standard InChI is InChI=1S/C19H18ClN3O3/c1-22(10-11-26-15-8-6-14(20)7-9-15)18(24)12-23-13-21-17-5-3-2-4-16(17)19(23)25/h2-9,13H,10-12H2,1H3. The third-order valence-electron chi connectivity index (χ3n) is 3.97. The van der Waals surface area contributed by atoms with Crippen molar-refractivity contribution in [3.63, 3.8) is 0 Å². The van der Waals surface area contributed by atoms with Gasteiger partial charge in [-0.05, 0) is 36.4 Å². The summed E-state index contributed by atoms with van der Waals surface area (Å²) >= 11 is 5.82. The van der Waals surface area contributed by atoms with Gasteiger partial charge in [0.25, 0.3) is 5.56 Å². The van der Waals surface area contributed by atoms with Gasteiger partial charge in [0.1, 0.15) is 18.9 Å². The van der Waals surface area contributed by atoms with E-state index in [-0.39, 0.29) is 18.0 Å². The highest BCUT2D eigenvalue weighted by atomic mass is 35.5. The molecule has 7 heteroatoms. The lowest BCUT2D eigenvalue weighted by Crippen LogP contribution is -2.36. The molecule has 0 aliphatic carbocycles. The van der Waals surface area contributed by atoms with Gasteiger partial charge in [-0.15, -0.1) is 0 Å². The maximum atomic E-state index is 12.4. The van der Waals surface area contributed by atoms with Crippen LogP contribution in [-0.2, 0) is 11.3 Å². The van der Waals surface area contributed by atoms with Crippen molar-refractivity contribution in [2.24, 2.45) is 0 Å². The molecule has 0 atom stereocenters. The zero-order valence-electron chi connectivity index (χ0n) is 14.3. The Labute approximate surface area is 155 Å². The molecule has 1 heterocycles. The Morgan fingerprint density at radius 2 is 1.92 bits per heavy atom. The molecule has 0 saturated carbocycles. The molecular weight excluding hydrogens is 354 g/mol. The lowest BCUT2D eigenvalue weighted by atomic mass is 10.2. The molecule has 0 bridgehead atoms. The Morgan fingerprint density at radius 1 is 1.19 bits per heavy atom. The van der Waals surface area contributed by atoms with Crippen molar-refractivity contribution < 1.29 is 9.53 Å². The van der Waals surface area contributed by atoms with E-state index in [0.717, 1.165) is 0 Å². The second-order valence-electron chi connectivity index (χ2n) is 5.81. The van der Waals surface area contributed by atoms with Crippen molar-refractivity contribution in [1.29, 1.82) is 0 Å². The van der Waals surface area contributed by atoms with Crippen LogP contribution in [0.4, 0.5) is 0 Å². The van der Waals surface area contributed by atoms with E-state index in [9.17, 15) is 9.59 Å². The van der Waals surface area contributed by atoms with Gasteiger partial charge in [0.15, 0.2) is 0 Å². The Bertz CT molecular complexity index is 970. The number of aromatic nitrogens is 2. The van der Waals surface area contributed by atoms with Crippen molar-refractivity contribution in [2.45, 2.75) is 6.54 Å². The summed E-state index contributed by atoms with van der Waals surface area (Å²) < 4.78 is 6.90. The van der Waals surface area contributed by atoms with E-state index < -0.39 is 0 Å². The van der Waals surface area contributed by atoms with E-state index in [4.69, 9.17) is 16.3 Å². The summed E-state index contributed by atoms with van der Waals surface area (Å²) in [6.45, 7) is 0.681. The zero-order chi connectivity index (χ0) is 18.5. The highest BCUT2D eigenvalue weighted by molar-refractivity contribution is 6.30. The minimum Gasteiger partial charge on any atom is -0.492 e. The average molecular weight is 372 g/mol. The molecule has 0 saturated heterocycles.